The topological polar surface area (TPSA) is 62.2 Å². The number of phenolic OH excluding ortho intramolecular Hbond substituents is 1. The Labute approximate surface area is 244 Å². The molecule has 0 radical (unpaired) electrons. The van der Waals surface area contributed by atoms with Crippen molar-refractivity contribution in [3.05, 3.63) is 64.7 Å². The number of hydrogen-bond donors (Lipinski definition) is 1. The number of ether oxygens (including phenoxy) is 2. The molecule has 0 aromatic heterocycles. The Kier molecular flexibility index (Phi) is 7.06. The lowest BCUT2D eigenvalue weighted by atomic mass is 9.50. The van der Waals surface area contributed by atoms with Crippen molar-refractivity contribution in [3.63, 3.8) is 0 Å². The highest BCUT2D eigenvalue weighted by Crippen LogP contribution is 2.65. The zero-order valence-electron chi connectivity index (χ0n) is 25.0. The van der Waals surface area contributed by atoms with Gasteiger partial charge in [0.05, 0.1) is 13.2 Å². The zero-order chi connectivity index (χ0) is 29.1. The van der Waals surface area contributed by atoms with Gasteiger partial charge in [0.25, 0.3) is 5.91 Å². The van der Waals surface area contributed by atoms with Gasteiger partial charge in [-0.25, -0.2) is 0 Å². The lowest BCUT2D eigenvalue weighted by Gasteiger charge is -2.60. The van der Waals surface area contributed by atoms with Gasteiger partial charge in [-0.15, -0.1) is 6.58 Å². The average molecular weight is 555 g/mol. The number of carbonyl (C=O) groups is 1. The van der Waals surface area contributed by atoms with Crippen LogP contribution in [0.25, 0.3) is 0 Å². The van der Waals surface area contributed by atoms with E-state index in [2.05, 4.69) is 57.1 Å². The van der Waals surface area contributed by atoms with Gasteiger partial charge in [-0.05, 0) is 81.2 Å². The molecule has 0 unspecified atom stereocenters. The maximum Gasteiger partial charge on any atom is 0.299 e. The molecule has 1 saturated heterocycles. The lowest BCUT2D eigenvalue weighted by molar-refractivity contribution is -0.137. The largest absolute Gasteiger partial charge is 0.508 e. The fourth-order valence-electron chi connectivity index (χ4n) is 8.29. The Bertz CT molecular complexity index is 1450. The Hall–Kier alpha value is -3.43. The van der Waals surface area contributed by atoms with Crippen LogP contribution in [0.15, 0.2) is 36.9 Å². The van der Waals surface area contributed by atoms with Crippen molar-refractivity contribution >= 4 is 5.91 Å². The number of nitrogens with zero attached hydrogens (tertiary/aromatic N) is 2. The third-order valence-electron chi connectivity index (χ3n) is 10.1. The van der Waals surface area contributed by atoms with Crippen LogP contribution in [0.2, 0.25) is 0 Å². The number of amides is 1. The van der Waals surface area contributed by atoms with E-state index in [0.29, 0.717) is 24.3 Å². The number of aryl methyl sites for hydroxylation is 2. The molecule has 5 atom stereocenters. The van der Waals surface area contributed by atoms with Crippen LogP contribution in [0.1, 0.15) is 60.9 Å². The summed E-state index contributed by atoms with van der Waals surface area (Å²) in [6, 6.07) is 7.96. The molecule has 6 nitrogen and oxygen atoms in total. The molecule has 4 aliphatic rings. The van der Waals surface area contributed by atoms with Crippen LogP contribution in [0, 0.1) is 37.5 Å². The van der Waals surface area contributed by atoms with Crippen molar-refractivity contribution in [2.75, 3.05) is 26.7 Å². The van der Waals surface area contributed by atoms with Crippen molar-refractivity contribution < 1.29 is 19.4 Å². The molecule has 1 N–H and O–H groups in total. The van der Waals surface area contributed by atoms with Crippen LogP contribution in [-0.2, 0) is 16.6 Å². The maximum atomic E-state index is 13.9. The Morgan fingerprint density at radius 2 is 2.10 bits per heavy atom. The van der Waals surface area contributed by atoms with Gasteiger partial charge >= 0.3 is 0 Å². The number of likely N-dealkylation sites (tertiary alicyclic amines) is 1. The minimum absolute atomic E-state index is 0.119. The zero-order valence-corrected chi connectivity index (χ0v) is 25.0. The molecule has 2 aromatic carbocycles. The molecule has 6 heteroatoms. The molecule has 2 heterocycles. The molecule has 2 aromatic rings. The first-order valence-corrected chi connectivity index (χ1v) is 15.0. The molecular weight excluding hydrogens is 512 g/mol. The lowest BCUT2D eigenvalue weighted by Crippen LogP contribution is -2.69. The third kappa shape index (κ3) is 4.32. The van der Waals surface area contributed by atoms with Crippen molar-refractivity contribution in [1.29, 1.82) is 0 Å². The first-order valence-electron chi connectivity index (χ1n) is 15.0. The fraction of sp³-hybridized carbons (Fsp3) is 0.514. The highest BCUT2D eigenvalue weighted by molar-refractivity contribution is 5.94. The van der Waals surface area contributed by atoms with Crippen LogP contribution in [0.5, 0.6) is 17.2 Å². The summed E-state index contributed by atoms with van der Waals surface area (Å²) in [5.41, 5.74) is 5.06. The fourth-order valence-corrected chi connectivity index (χ4v) is 8.29. The van der Waals surface area contributed by atoms with Crippen LogP contribution >= 0.6 is 0 Å². The van der Waals surface area contributed by atoms with Crippen LogP contribution in [-0.4, -0.2) is 65.7 Å². The van der Waals surface area contributed by atoms with E-state index in [1.165, 1.54) is 11.1 Å². The maximum absolute atomic E-state index is 13.9. The molecular formula is C35H42N2O4. The summed E-state index contributed by atoms with van der Waals surface area (Å²) in [6.45, 7) is 14.8. The molecule has 216 valence electrons. The molecule has 1 saturated carbocycles. The van der Waals surface area contributed by atoms with Gasteiger partial charge in [-0.2, -0.15) is 0 Å². The second kappa shape index (κ2) is 10.4. The number of hydrogen-bond acceptors (Lipinski definition) is 5. The second-order valence-corrected chi connectivity index (χ2v) is 12.8. The van der Waals surface area contributed by atoms with Crippen LogP contribution in [0.3, 0.4) is 0 Å². The SMILES string of the molecule is C=CCN1CC[C@]23c4c5c(O)cc(OC)c4O[C@H]2[C@@H](N(CC(C)C)C(=O)C#Cc2ccc(C)c(C)c2)CC[C@H]3[C@H]1C5. The number of methoxy groups -OCH3 is 1. The summed E-state index contributed by atoms with van der Waals surface area (Å²) in [4.78, 5) is 18.4. The highest BCUT2D eigenvalue weighted by Gasteiger charge is 2.67. The second-order valence-electron chi connectivity index (χ2n) is 12.8. The number of benzene rings is 2. The number of aromatic hydroxyl groups is 1. The molecule has 2 aliphatic carbocycles. The van der Waals surface area contributed by atoms with Crippen LogP contribution < -0.4 is 9.47 Å². The average Bonchev–Trinajstić information content (AvgIpc) is 3.29. The van der Waals surface area contributed by atoms with Crippen molar-refractivity contribution in [3.8, 4) is 29.1 Å². The number of carbonyl (C=O) groups excluding carboxylic acids is 1. The Morgan fingerprint density at radius 1 is 1.29 bits per heavy atom. The summed E-state index contributed by atoms with van der Waals surface area (Å²) in [5, 5.41) is 11.2. The van der Waals surface area contributed by atoms with E-state index in [9.17, 15) is 9.90 Å². The summed E-state index contributed by atoms with van der Waals surface area (Å²) in [5.74, 6) is 8.26. The summed E-state index contributed by atoms with van der Waals surface area (Å²) >= 11 is 0. The van der Waals surface area contributed by atoms with E-state index >= 15 is 0 Å². The molecule has 41 heavy (non-hydrogen) atoms. The predicted molar refractivity (Wildman–Crippen MR) is 160 cm³/mol. The summed E-state index contributed by atoms with van der Waals surface area (Å²) in [7, 11) is 1.63. The smallest absolute Gasteiger partial charge is 0.299 e. The Morgan fingerprint density at radius 3 is 2.80 bits per heavy atom. The first-order chi connectivity index (χ1) is 19.7. The van der Waals surface area contributed by atoms with Gasteiger partial charge in [-0.1, -0.05) is 31.9 Å². The first kappa shape index (κ1) is 27.7. The predicted octanol–water partition coefficient (Wildman–Crippen LogP) is 5.15. The molecule has 1 spiro atoms. The van der Waals surface area contributed by atoms with Crippen molar-refractivity contribution in [2.45, 2.75) is 77.0 Å². The number of phenols is 1. The van der Waals surface area contributed by atoms with Crippen LogP contribution in [0.4, 0.5) is 0 Å². The van der Waals surface area contributed by atoms with Gasteiger partial charge < -0.3 is 19.5 Å². The normalized spacial score (nSPS) is 27.4. The van der Waals surface area contributed by atoms with Gasteiger partial charge in [0.15, 0.2) is 11.5 Å². The van der Waals surface area contributed by atoms with E-state index in [1.807, 2.05) is 23.1 Å². The van der Waals surface area contributed by atoms with E-state index in [1.54, 1.807) is 13.2 Å². The van der Waals surface area contributed by atoms with Gasteiger partial charge in [0.2, 0.25) is 0 Å². The third-order valence-corrected chi connectivity index (χ3v) is 10.1. The van der Waals surface area contributed by atoms with Gasteiger partial charge in [0, 0.05) is 53.2 Å². The summed E-state index contributed by atoms with van der Waals surface area (Å²) < 4.78 is 12.7. The van der Waals surface area contributed by atoms with Crippen molar-refractivity contribution in [1.82, 2.24) is 9.80 Å². The van der Waals surface area contributed by atoms with Gasteiger partial charge in [0.1, 0.15) is 11.9 Å². The monoisotopic (exact) mass is 554 g/mol. The van der Waals surface area contributed by atoms with Gasteiger partial charge in [-0.3, -0.25) is 9.69 Å². The van der Waals surface area contributed by atoms with E-state index < -0.39 is 0 Å². The molecule has 1 amide bonds. The van der Waals surface area contributed by atoms with E-state index in [-0.39, 0.29) is 35.1 Å². The Balaban J connectivity index is 1.42. The van der Waals surface area contributed by atoms with E-state index in [0.717, 1.165) is 61.2 Å². The van der Waals surface area contributed by atoms with E-state index in [4.69, 9.17) is 9.47 Å². The molecule has 6 rings (SSSR count). The number of piperidine rings is 1. The standard InChI is InChI=1S/C35H42N2O4/c1-7-15-36-16-14-35-26-11-12-27(34(35)41-33-30(40-6)19-29(38)25(32(33)35)18-28(26)36)37(20-21(2)3)31(39)13-10-24-9-8-22(4)23(5)17-24/h7-9,17,19,21,26-28,34,38H,1,11-12,14-16,18,20H2,2-6H3/t26-,27-,28+,34-,35-/m0/s1. The quantitative estimate of drug-likeness (QED) is 0.396. The van der Waals surface area contributed by atoms with Crippen molar-refractivity contribution in [2.24, 2.45) is 11.8 Å². The molecule has 2 aliphatic heterocycles. The summed E-state index contributed by atoms with van der Waals surface area (Å²) in [6.07, 6.45) is 5.32. The highest BCUT2D eigenvalue weighted by atomic mass is 16.5. The minimum atomic E-state index is -0.281. The molecule has 2 bridgehead atoms. The minimum Gasteiger partial charge on any atom is -0.508 e. The number of rotatable bonds is 6. The molecule has 2 fully saturated rings.